The van der Waals surface area contributed by atoms with Gasteiger partial charge in [-0.3, -0.25) is 14.8 Å². The third-order valence-corrected chi connectivity index (χ3v) is 2.17. The summed E-state index contributed by atoms with van der Waals surface area (Å²) in [5.41, 5.74) is 0.107. The van der Waals surface area contributed by atoms with Crippen LogP contribution in [0.4, 0.5) is 0 Å². The minimum Gasteiger partial charge on any atom is -0.481 e. The summed E-state index contributed by atoms with van der Waals surface area (Å²) in [5, 5.41) is 8.97. The van der Waals surface area contributed by atoms with Crippen molar-refractivity contribution in [1.29, 1.82) is 0 Å². The molecule has 15 heavy (non-hydrogen) atoms. The van der Waals surface area contributed by atoms with Crippen LogP contribution in [0.2, 0.25) is 0 Å². The lowest BCUT2D eigenvalue weighted by Gasteiger charge is -2.17. The van der Waals surface area contributed by atoms with Gasteiger partial charge in [-0.1, -0.05) is 0 Å². The number of methoxy groups -OCH3 is 1. The third-order valence-electron chi connectivity index (χ3n) is 2.17. The molecule has 0 radical (unpaired) electrons. The number of nitrogens with zero attached hydrogens (tertiary/aromatic N) is 2. The smallest absolute Gasteiger partial charge is 0.315 e. The zero-order chi connectivity index (χ0) is 11.5. The fraction of sp³-hybridized carbons (Fsp3) is 0.500. The Hall–Kier alpha value is -1.49. The van der Waals surface area contributed by atoms with Gasteiger partial charge in [-0.25, -0.2) is 0 Å². The Labute approximate surface area is 88.1 Å². The van der Waals surface area contributed by atoms with Crippen molar-refractivity contribution in [3.05, 3.63) is 23.8 Å². The topological polar surface area (TPSA) is 72.3 Å². The summed E-state index contributed by atoms with van der Waals surface area (Å²) in [6.07, 6.45) is 3.01. The van der Waals surface area contributed by atoms with Gasteiger partial charge in [-0.2, -0.15) is 0 Å². The van der Waals surface area contributed by atoms with E-state index in [0.29, 0.717) is 18.0 Å². The molecule has 0 amide bonds. The lowest BCUT2D eigenvalue weighted by molar-refractivity contribution is -0.142. The van der Waals surface area contributed by atoms with E-state index in [1.807, 2.05) is 0 Å². The summed E-state index contributed by atoms with van der Waals surface area (Å²) >= 11 is 0. The van der Waals surface area contributed by atoms with Gasteiger partial charge in [0, 0.05) is 13.3 Å². The standard InChI is InChI=1S/C10H14N2O3/c1-10(2,9(13)14)8-5-11-7(4-12-8)6-15-3/h4-5H,6H2,1-3H3,(H,13,14). The van der Waals surface area contributed by atoms with Crippen molar-refractivity contribution in [2.45, 2.75) is 25.9 Å². The number of aromatic nitrogens is 2. The van der Waals surface area contributed by atoms with Crippen molar-refractivity contribution in [3.8, 4) is 0 Å². The Balaban J connectivity index is 2.93. The van der Waals surface area contributed by atoms with Crippen LogP contribution in [0.15, 0.2) is 12.4 Å². The molecule has 1 N–H and O–H groups in total. The van der Waals surface area contributed by atoms with Crippen molar-refractivity contribution >= 4 is 5.97 Å². The SMILES string of the molecule is COCc1cnc(C(C)(C)C(=O)O)cn1. The van der Waals surface area contributed by atoms with Gasteiger partial charge in [0.05, 0.1) is 24.2 Å². The van der Waals surface area contributed by atoms with Gasteiger partial charge in [0.1, 0.15) is 5.41 Å². The molecule has 0 aromatic carbocycles. The molecule has 0 saturated heterocycles. The Morgan fingerprint density at radius 1 is 1.47 bits per heavy atom. The molecule has 1 heterocycles. The molecule has 0 aliphatic rings. The first-order valence-corrected chi connectivity index (χ1v) is 4.52. The highest BCUT2D eigenvalue weighted by atomic mass is 16.5. The predicted octanol–water partition coefficient (Wildman–Crippen LogP) is 0.985. The minimum atomic E-state index is -1.02. The molecule has 1 rings (SSSR count). The summed E-state index contributed by atoms with van der Waals surface area (Å²) in [6, 6.07) is 0. The van der Waals surface area contributed by atoms with Crippen LogP contribution >= 0.6 is 0 Å². The largest absolute Gasteiger partial charge is 0.481 e. The van der Waals surface area contributed by atoms with Gasteiger partial charge in [0.2, 0.25) is 0 Å². The molecular weight excluding hydrogens is 196 g/mol. The molecule has 0 atom stereocenters. The van der Waals surface area contributed by atoms with Crippen molar-refractivity contribution < 1.29 is 14.6 Å². The first-order valence-electron chi connectivity index (χ1n) is 4.52. The number of ether oxygens (including phenoxy) is 1. The molecule has 0 saturated carbocycles. The number of carboxylic acids is 1. The summed E-state index contributed by atoms with van der Waals surface area (Å²) in [7, 11) is 1.57. The second-order valence-corrected chi connectivity index (χ2v) is 3.76. The maximum Gasteiger partial charge on any atom is 0.315 e. The Morgan fingerprint density at radius 2 is 2.13 bits per heavy atom. The summed E-state index contributed by atoms with van der Waals surface area (Å²) in [4.78, 5) is 19.1. The molecule has 82 valence electrons. The number of carboxylic acid groups (broad SMARTS) is 1. The molecule has 0 aliphatic heterocycles. The summed E-state index contributed by atoms with van der Waals surface area (Å²) < 4.78 is 4.88. The van der Waals surface area contributed by atoms with E-state index < -0.39 is 11.4 Å². The van der Waals surface area contributed by atoms with Gasteiger partial charge in [0.25, 0.3) is 0 Å². The first-order chi connectivity index (χ1) is 6.98. The summed E-state index contributed by atoms with van der Waals surface area (Å²) in [6.45, 7) is 3.56. The van der Waals surface area contributed by atoms with Crippen LogP contribution < -0.4 is 0 Å². The average molecular weight is 210 g/mol. The van der Waals surface area contributed by atoms with Crippen LogP contribution in [0.1, 0.15) is 25.2 Å². The van der Waals surface area contributed by atoms with Crippen LogP contribution in [0.5, 0.6) is 0 Å². The van der Waals surface area contributed by atoms with E-state index in [0.717, 1.165) is 0 Å². The predicted molar refractivity (Wildman–Crippen MR) is 53.4 cm³/mol. The zero-order valence-corrected chi connectivity index (χ0v) is 9.02. The molecule has 5 heteroatoms. The van der Waals surface area contributed by atoms with Crippen molar-refractivity contribution in [1.82, 2.24) is 9.97 Å². The normalized spacial score (nSPS) is 11.4. The van der Waals surface area contributed by atoms with E-state index in [1.165, 1.54) is 12.4 Å². The van der Waals surface area contributed by atoms with Gasteiger partial charge >= 0.3 is 5.97 Å². The highest BCUT2D eigenvalue weighted by Crippen LogP contribution is 2.20. The second kappa shape index (κ2) is 4.35. The van der Waals surface area contributed by atoms with E-state index in [-0.39, 0.29) is 0 Å². The van der Waals surface area contributed by atoms with Crippen molar-refractivity contribution in [3.63, 3.8) is 0 Å². The molecule has 0 spiro atoms. The van der Waals surface area contributed by atoms with Crippen LogP contribution in [-0.4, -0.2) is 28.2 Å². The fourth-order valence-corrected chi connectivity index (χ4v) is 1.01. The lowest BCUT2D eigenvalue weighted by Crippen LogP contribution is -2.29. The lowest BCUT2D eigenvalue weighted by atomic mass is 9.90. The van der Waals surface area contributed by atoms with Crippen LogP contribution in [-0.2, 0) is 21.6 Å². The van der Waals surface area contributed by atoms with Gasteiger partial charge in [-0.05, 0) is 13.8 Å². The monoisotopic (exact) mass is 210 g/mol. The molecule has 0 fully saturated rings. The quantitative estimate of drug-likeness (QED) is 0.802. The van der Waals surface area contributed by atoms with Crippen molar-refractivity contribution in [2.24, 2.45) is 0 Å². The highest BCUT2D eigenvalue weighted by molar-refractivity contribution is 5.79. The van der Waals surface area contributed by atoms with Crippen molar-refractivity contribution in [2.75, 3.05) is 7.11 Å². The maximum atomic E-state index is 10.9. The Kier molecular flexibility index (Phi) is 3.36. The fourth-order valence-electron chi connectivity index (χ4n) is 1.01. The van der Waals surface area contributed by atoms with E-state index >= 15 is 0 Å². The van der Waals surface area contributed by atoms with E-state index in [4.69, 9.17) is 9.84 Å². The number of carbonyl (C=O) groups is 1. The molecule has 0 bridgehead atoms. The maximum absolute atomic E-state index is 10.9. The first kappa shape index (κ1) is 11.6. The zero-order valence-electron chi connectivity index (χ0n) is 9.02. The number of hydrogen-bond acceptors (Lipinski definition) is 4. The number of rotatable bonds is 4. The third kappa shape index (κ3) is 2.50. The highest BCUT2D eigenvalue weighted by Gasteiger charge is 2.31. The van der Waals surface area contributed by atoms with Gasteiger partial charge in [0.15, 0.2) is 0 Å². The number of aliphatic carboxylic acids is 1. The van der Waals surface area contributed by atoms with E-state index in [1.54, 1.807) is 21.0 Å². The molecule has 5 nitrogen and oxygen atoms in total. The van der Waals surface area contributed by atoms with Crippen LogP contribution in [0, 0.1) is 0 Å². The molecule has 0 aliphatic carbocycles. The van der Waals surface area contributed by atoms with E-state index in [2.05, 4.69) is 9.97 Å². The molecule has 1 aromatic rings. The molecule has 1 aromatic heterocycles. The molecular formula is C10H14N2O3. The molecule has 0 unspecified atom stereocenters. The minimum absolute atomic E-state index is 0.376. The Bertz CT molecular complexity index is 346. The average Bonchev–Trinajstić information content (AvgIpc) is 2.19. The van der Waals surface area contributed by atoms with E-state index in [9.17, 15) is 4.79 Å². The van der Waals surface area contributed by atoms with Crippen LogP contribution in [0.3, 0.4) is 0 Å². The number of hydrogen-bond donors (Lipinski definition) is 1. The second-order valence-electron chi connectivity index (χ2n) is 3.76. The van der Waals surface area contributed by atoms with Gasteiger partial charge in [-0.15, -0.1) is 0 Å². The summed E-state index contributed by atoms with van der Waals surface area (Å²) in [5.74, 6) is -0.920. The van der Waals surface area contributed by atoms with Gasteiger partial charge < -0.3 is 9.84 Å². The van der Waals surface area contributed by atoms with Crippen LogP contribution in [0.25, 0.3) is 0 Å². The Morgan fingerprint density at radius 3 is 2.53 bits per heavy atom.